The summed E-state index contributed by atoms with van der Waals surface area (Å²) in [6, 6.07) is 12.4. The maximum absolute atomic E-state index is 12.2. The van der Waals surface area contributed by atoms with E-state index >= 15 is 0 Å². The fraction of sp³-hybridized carbons (Fsp3) is 0.778. The van der Waals surface area contributed by atoms with Gasteiger partial charge in [0.1, 0.15) is 5.75 Å². The van der Waals surface area contributed by atoms with Gasteiger partial charge in [-0.15, -0.1) is 0 Å². The molecular formula is C27H43F3OSi. The maximum atomic E-state index is 12.2. The monoisotopic (exact) mass is 468 g/mol. The smallest absolute Gasteiger partial charge is 0.392 e. The third-order valence-electron chi connectivity index (χ3n) is 8.05. The van der Waals surface area contributed by atoms with Gasteiger partial charge >= 0.3 is 6.18 Å². The third kappa shape index (κ3) is 9.11. The molecule has 0 radical (unpaired) electrons. The molecule has 0 amide bonds. The highest BCUT2D eigenvalue weighted by Gasteiger charge is 2.31. The lowest BCUT2D eigenvalue weighted by Crippen LogP contribution is -2.28. The van der Waals surface area contributed by atoms with Crippen molar-refractivity contribution in [1.29, 1.82) is 0 Å². The largest absolute Gasteiger partial charge is 0.493 e. The summed E-state index contributed by atoms with van der Waals surface area (Å²) in [5.41, 5.74) is 1.25. The second kappa shape index (κ2) is 13.1. The van der Waals surface area contributed by atoms with Gasteiger partial charge < -0.3 is 4.74 Å². The van der Waals surface area contributed by atoms with E-state index in [-0.39, 0.29) is 15.4 Å². The van der Waals surface area contributed by atoms with Crippen LogP contribution in [0.2, 0.25) is 18.1 Å². The zero-order valence-electron chi connectivity index (χ0n) is 20.0. The molecule has 0 N–H and O–H groups in total. The fourth-order valence-electron chi connectivity index (χ4n) is 6.10. The number of aryl methyl sites for hydroxylation is 1. The molecule has 1 saturated heterocycles. The lowest BCUT2D eigenvalue weighted by molar-refractivity contribution is -0.139. The molecule has 1 aromatic carbocycles. The Hall–Kier alpha value is -0.973. The summed E-state index contributed by atoms with van der Waals surface area (Å²) in [4.78, 5) is 0. The van der Waals surface area contributed by atoms with Crippen molar-refractivity contribution in [3.05, 3.63) is 29.8 Å². The van der Waals surface area contributed by atoms with Crippen LogP contribution >= 0.6 is 0 Å². The van der Waals surface area contributed by atoms with Crippen LogP contribution in [-0.4, -0.2) is 21.6 Å². The van der Waals surface area contributed by atoms with E-state index in [0.29, 0.717) is 5.75 Å². The molecule has 1 aliphatic carbocycles. The molecule has 0 spiro atoms. The van der Waals surface area contributed by atoms with E-state index in [1.165, 1.54) is 56.9 Å². The number of benzene rings is 1. The van der Waals surface area contributed by atoms with Crippen LogP contribution < -0.4 is 4.74 Å². The van der Waals surface area contributed by atoms with Crippen LogP contribution in [0.25, 0.3) is 0 Å². The topological polar surface area (TPSA) is 9.23 Å². The van der Waals surface area contributed by atoms with Gasteiger partial charge in [-0.2, -0.15) is 13.2 Å². The molecule has 1 saturated carbocycles. The standard InChI is InChI=1S/C27H43F3OSi/c1-2-19-32-20-15-25(16-21-32)24-11-7-22(8-12-24)5-3-4-6-23-9-13-26(14-10-23)31-18-17-27(28,29)30/h9-10,13-14,22,24-25,32H,2-8,11-12,15-21H2,1H3/t22-,24-,25?,32?. The van der Waals surface area contributed by atoms with E-state index in [1.807, 2.05) is 12.1 Å². The lowest BCUT2D eigenvalue weighted by Gasteiger charge is -2.37. The van der Waals surface area contributed by atoms with Gasteiger partial charge in [-0.1, -0.05) is 82.1 Å². The first kappa shape index (κ1) is 25.6. The summed E-state index contributed by atoms with van der Waals surface area (Å²) >= 11 is 0. The first-order valence-corrected chi connectivity index (χ1v) is 15.7. The van der Waals surface area contributed by atoms with E-state index in [2.05, 4.69) is 6.92 Å². The van der Waals surface area contributed by atoms with Gasteiger partial charge in [0.2, 0.25) is 0 Å². The van der Waals surface area contributed by atoms with Gasteiger partial charge in [-0.05, 0) is 61.1 Å². The molecule has 0 unspecified atom stereocenters. The normalized spacial score (nSPS) is 26.8. The number of halogens is 3. The molecule has 0 atom stereocenters. The molecule has 2 aliphatic rings. The van der Waals surface area contributed by atoms with Gasteiger partial charge in [0.05, 0.1) is 13.0 Å². The minimum absolute atomic E-state index is 0.313. The summed E-state index contributed by atoms with van der Waals surface area (Å²) in [6.07, 6.45) is 10.2. The lowest BCUT2D eigenvalue weighted by atomic mass is 9.73. The zero-order valence-corrected chi connectivity index (χ0v) is 21.1. The predicted molar refractivity (Wildman–Crippen MR) is 130 cm³/mol. The fourth-order valence-corrected chi connectivity index (χ4v) is 9.59. The number of hydrogen-bond donors (Lipinski definition) is 0. The minimum atomic E-state index is -4.16. The average molecular weight is 469 g/mol. The second-order valence-electron chi connectivity index (χ2n) is 10.5. The van der Waals surface area contributed by atoms with E-state index in [1.54, 1.807) is 43.1 Å². The van der Waals surface area contributed by atoms with E-state index < -0.39 is 12.6 Å². The van der Waals surface area contributed by atoms with Gasteiger partial charge in [-0.25, -0.2) is 0 Å². The number of unbranched alkanes of at least 4 members (excludes halogenated alkanes) is 1. The second-order valence-corrected chi connectivity index (χ2v) is 13.9. The highest BCUT2D eigenvalue weighted by atomic mass is 28.3. The number of rotatable bonds is 11. The van der Waals surface area contributed by atoms with Gasteiger partial charge in [0, 0.05) is 8.80 Å². The van der Waals surface area contributed by atoms with Crippen LogP contribution in [0, 0.1) is 17.8 Å². The Labute approximate surface area is 195 Å². The molecule has 1 aliphatic heterocycles. The molecule has 1 heterocycles. The van der Waals surface area contributed by atoms with Crippen molar-refractivity contribution in [1.82, 2.24) is 0 Å². The van der Waals surface area contributed by atoms with Gasteiger partial charge in [0.15, 0.2) is 0 Å². The Balaban J connectivity index is 1.25. The van der Waals surface area contributed by atoms with E-state index in [0.717, 1.165) is 24.2 Å². The molecule has 182 valence electrons. The highest BCUT2D eigenvalue weighted by Crippen LogP contribution is 2.42. The van der Waals surface area contributed by atoms with Gasteiger partial charge in [0.25, 0.3) is 0 Å². The van der Waals surface area contributed by atoms with Gasteiger partial charge in [-0.3, -0.25) is 0 Å². The Morgan fingerprint density at radius 1 is 0.906 bits per heavy atom. The van der Waals surface area contributed by atoms with Crippen LogP contribution in [-0.2, 0) is 6.42 Å². The quantitative estimate of drug-likeness (QED) is 0.233. The summed E-state index contributed by atoms with van der Waals surface area (Å²) < 4.78 is 41.8. The first-order valence-electron chi connectivity index (χ1n) is 13.2. The van der Waals surface area contributed by atoms with Crippen molar-refractivity contribution in [3.8, 4) is 5.75 Å². The average Bonchev–Trinajstić information content (AvgIpc) is 2.78. The Morgan fingerprint density at radius 3 is 2.19 bits per heavy atom. The summed E-state index contributed by atoms with van der Waals surface area (Å²) in [7, 11) is -0.339. The number of hydrogen-bond acceptors (Lipinski definition) is 1. The summed E-state index contributed by atoms with van der Waals surface area (Å²) in [5.74, 6) is 3.54. The van der Waals surface area contributed by atoms with E-state index in [9.17, 15) is 13.2 Å². The molecule has 1 aromatic rings. The summed E-state index contributed by atoms with van der Waals surface area (Å²) in [5, 5.41) is 0. The molecule has 1 nitrogen and oxygen atoms in total. The van der Waals surface area contributed by atoms with Crippen LogP contribution in [0.3, 0.4) is 0 Å². The zero-order chi connectivity index (χ0) is 22.8. The van der Waals surface area contributed by atoms with Crippen molar-refractivity contribution in [2.24, 2.45) is 17.8 Å². The summed E-state index contributed by atoms with van der Waals surface area (Å²) in [6.45, 7) is 2.05. The van der Waals surface area contributed by atoms with Crippen LogP contribution in [0.15, 0.2) is 24.3 Å². The Morgan fingerprint density at radius 2 is 1.56 bits per heavy atom. The minimum Gasteiger partial charge on any atom is -0.493 e. The number of ether oxygens (including phenoxy) is 1. The van der Waals surface area contributed by atoms with E-state index in [4.69, 9.17) is 4.74 Å². The Kier molecular flexibility index (Phi) is 10.5. The Bertz CT molecular complexity index is 629. The van der Waals surface area contributed by atoms with Crippen molar-refractivity contribution < 1.29 is 17.9 Å². The number of alkyl halides is 3. The first-order chi connectivity index (χ1) is 15.4. The molecule has 0 aromatic heterocycles. The molecule has 3 rings (SSSR count). The predicted octanol–water partition coefficient (Wildman–Crippen LogP) is 8.58. The van der Waals surface area contributed by atoms with Crippen molar-refractivity contribution in [2.45, 2.75) is 108 Å². The SMILES string of the molecule is CCC[SiH]1CCC([C@H]2CC[C@H](CCCCc3ccc(OCCC(F)(F)F)cc3)CC2)CC1. The maximum Gasteiger partial charge on any atom is 0.392 e. The van der Waals surface area contributed by atoms with Crippen molar-refractivity contribution in [3.63, 3.8) is 0 Å². The van der Waals surface area contributed by atoms with Crippen LogP contribution in [0.5, 0.6) is 5.75 Å². The third-order valence-corrected chi connectivity index (χ3v) is 11.7. The van der Waals surface area contributed by atoms with Crippen molar-refractivity contribution in [2.75, 3.05) is 6.61 Å². The highest BCUT2D eigenvalue weighted by molar-refractivity contribution is 6.58. The molecule has 5 heteroatoms. The molecule has 2 fully saturated rings. The van der Waals surface area contributed by atoms with Crippen LogP contribution in [0.1, 0.15) is 83.1 Å². The van der Waals surface area contributed by atoms with Crippen molar-refractivity contribution >= 4 is 8.80 Å². The molecule has 0 bridgehead atoms. The van der Waals surface area contributed by atoms with Crippen LogP contribution in [0.4, 0.5) is 13.2 Å². The molecular weight excluding hydrogens is 425 g/mol. The molecule has 32 heavy (non-hydrogen) atoms.